The Morgan fingerprint density at radius 3 is 2.38 bits per heavy atom. The number of benzene rings is 2. The Balaban J connectivity index is 1.55. The molecule has 7 heteroatoms. The summed E-state index contributed by atoms with van der Waals surface area (Å²) in [6.07, 6.45) is 0. The number of furan rings is 1. The zero-order chi connectivity index (χ0) is 18.1. The molecular weight excluding hydrogens is 375 g/mol. The van der Waals surface area contributed by atoms with Gasteiger partial charge in [-0.1, -0.05) is 58.2 Å². The standard InChI is InChI=1S/C19H12Cl2N2O3/c1-11-2-4-12(5-3-11)18-22-19(26-23-18)16-6-7-17(25-16)24-15-9-13(20)8-14(21)10-15/h2-10H,1H3. The van der Waals surface area contributed by atoms with Crippen LogP contribution in [0.25, 0.3) is 23.0 Å². The normalized spacial score (nSPS) is 10.9. The Morgan fingerprint density at radius 1 is 0.923 bits per heavy atom. The highest BCUT2D eigenvalue weighted by Gasteiger charge is 2.15. The van der Waals surface area contributed by atoms with Crippen LogP contribution in [-0.4, -0.2) is 10.1 Å². The summed E-state index contributed by atoms with van der Waals surface area (Å²) in [6.45, 7) is 2.02. The van der Waals surface area contributed by atoms with Crippen LogP contribution < -0.4 is 4.74 Å². The van der Waals surface area contributed by atoms with Crippen molar-refractivity contribution >= 4 is 23.2 Å². The average molecular weight is 387 g/mol. The van der Waals surface area contributed by atoms with Crippen molar-refractivity contribution in [1.29, 1.82) is 0 Å². The molecule has 0 aliphatic heterocycles. The van der Waals surface area contributed by atoms with E-state index in [-0.39, 0.29) is 11.8 Å². The van der Waals surface area contributed by atoms with E-state index in [1.807, 2.05) is 31.2 Å². The van der Waals surface area contributed by atoms with E-state index >= 15 is 0 Å². The molecule has 0 N–H and O–H groups in total. The fourth-order valence-electron chi connectivity index (χ4n) is 2.34. The summed E-state index contributed by atoms with van der Waals surface area (Å²) in [5, 5.41) is 4.93. The van der Waals surface area contributed by atoms with Gasteiger partial charge in [0.1, 0.15) is 5.75 Å². The molecule has 2 aromatic heterocycles. The number of aryl methyl sites for hydroxylation is 1. The third-order valence-corrected chi connectivity index (χ3v) is 4.02. The van der Waals surface area contributed by atoms with Gasteiger partial charge in [0, 0.05) is 21.7 Å². The lowest BCUT2D eigenvalue weighted by Crippen LogP contribution is -1.82. The molecule has 2 aromatic carbocycles. The third-order valence-electron chi connectivity index (χ3n) is 3.58. The monoisotopic (exact) mass is 386 g/mol. The van der Waals surface area contributed by atoms with Crippen LogP contribution >= 0.6 is 23.2 Å². The summed E-state index contributed by atoms with van der Waals surface area (Å²) in [5.41, 5.74) is 2.02. The third kappa shape index (κ3) is 3.59. The molecule has 4 aromatic rings. The van der Waals surface area contributed by atoms with E-state index in [0.29, 0.717) is 27.4 Å². The summed E-state index contributed by atoms with van der Waals surface area (Å²) < 4.78 is 16.5. The average Bonchev–Trinajstić information content (AvgIpc) is 3.24. The summed E-state index contributed by atoms with van der Waals surface area (Å²) in [4.78, 5) is 4.36. The number of hydrogen-bond acceptors (Lipinski definition) is 5. The van der Waals surface area contributed by atoms with Crippen molar-refractivity contribution < 1.29 is 13.7 Å². The van der Waals surface area contributed by atoms with E-state index in [2.05, 4.69) is 10.1 Å². The van der Waals surface area contributed by atoms with Crippen molar-refractivity contribution in [3.63, 3.8) is 0 Å². The zero-order valence-corrected chi connectivity index (χ0v) is 15.1. The molecule has 0 unspecified atom stereocenters. The van der Waals surface area contributed by atoms with Gasteiger partial charge in [0.05, 0.1) is 0 Å². The Bertz CT molecular complexity index is 1030. The molecule has 0 amide bonds. The van der Waals surface area contributed by atoms with E-state index in [1.54, 1.807) is 30.3 Å². The molecule has 2 heterocycles. The first-order valence-electron chi connectivity index (χ1n) is 7.72. The van der Waals surface area contributed by atoms with Gasteiger partial charge < -0.3 is 13.7 Å². The molecule has 26 heavy (non-hydrogen) atoms. The van der Waals surface area contributed by atoms with Crippen molar-refractivity contribution in [3.05, 3.63) is 70.2 Å². The molecule has 0 spiro atoms. The largest absolute Gasteiger partial charge is 0.426 e. The van der Waals surface area contributed by atoms with E-state index in [9.17, 15) is 0 Å². The number of aromatic nitrogens is 2. The van der Waals surface area contributed by atoms with Crippen molar-refractivity contribution in [2.45, 2.75) is 6.92 Å². The van der Waals surface area contributed by atoms with Gasteiger partial charge in [-0.2, -0.15) is 4.98 Å². The number of ether oxygens (including phenoxy) is 1. The maximum atomic E-state index is 5.96. The quantitative estimate of drug-likeness (QED) is 0.405. The summed E-state index contributed by atoms with van der Waals surface area (Å²) in [5.74, 6) is 1.88. The molecule has 130 valence electrons. The molecule has 0 fully saturated rings. The van der Waals surface area contributed by atoms with E-state index in [1.165, 1.54) is 0 Å². The number of rotatable bonds is 4. The van der Waals surface area contributed by atoms with E-state index in [0.717, 1.165) is 11.1 Å². The topological polar surface area (TPSA) is 61.3 Å². The van der Waals surface area contributed by atoms with Crippen LogP contribution in [0.15, 0.2) is 63.5 Å². The molecule has 0 saturated carbocycles. The number of nitrogens with zero attached hydrogens (tertiary/aromatic N) is 2. The van der Waals surface area contributed by atoms with Crippen LogP contribution in [0.2, 0.25) is 10.0 Å². The lowest BCUT2D eigenvalue weighted by molar-refractivity contribution is 0.342. The molecule has 0 aliphatic rings. The second-order valence-corrected chi connectivity index (χ2v) is 6.49. The van der Waals surface area contributed by atoms with Crippen LogP contribution in [0.3, 0.4) is 0 Å². The maximum absolute atomic E-state index is 5.96. The molecular formula is C19H12Cl2N2O3. The summed E-state index contributed by atoms with van der Waals surface area (Å²) in [6, 6.07) is 16.1. The lowest BCUT2D eigenvalue weighted by Gasteiger charge is -2.02. The first kappa shape index (κ1) is 16.7. The number of halogens is 2. The van der Waals surface area contributed by atoms with Crippen molar-refractivity contribution in [2.75, 3.05) is 0 Å². The fraction of sp³-hybridized carbons (Fsp3) is 0.0526. The van der Waals surface area contributed by atoms with Crippen molar-refractivity contribution in [1.82, 2.24) is 10.1 Å². The second kappa shape index (κ2) is 6.86. The maximum Gasteiger partial charge on any atom is 0.294 e. The van der Waals surface area contributed by atoms with Gasteiger partial charge in [0.25, 0.3) is 11.8 Å². The minimum atomic E-state index is 0.258. The summed E-state index contributed by atoms with van der Waals surface area (Å²) in [7, 11) is 0. The van der Waals surface area contributed by atoms with Gasteiger partial charge in [0.2, 0.25) is 5.82 Å². The van der Waals surface area contributed by atoms with Crippen molar-refractivity contribution in [2.24, 2.45) is 0 Å². The van der Waals surface area contributed by atoms with Gasteiger partial charge in [-0.15, -0.1) is 0 Å². The van der Waals surface area contributed by atoms with Crippen LogP contribution in [0.5, 0.6) is 11.7 Å². The van der Waals surface area contributed by atoms with Gasteiger partial charge in [-0.25, -0.2) is 0 Å². The molecule has 0 saturated heterocycles. The molecule has 4 rings (SSSR count). The van der Waals surface area contributed by atoms with Crippen LogP contribution in [0.4, 0.5) is 0 Å². The molecule has 0 aliphatic carbocycles. The Labute approximate surface area is 159 Å². The minimum Gasteiger partial charge on any atom is -0.426 e. The molecule has 0 bridgehead atoms. The van der Waals surface area contributed by atoms with Gasteiger partial charge in [-0.05, 0) is 31.2 Å². The lowest BCUT2D eigenvalue weighted by atomic mass is 10.1. The van der Waals surface area contributed by atoms with Gasteiger partial charge >= 0.3 is 0 Å². The second-order valence-electron chi connectivity index (χ2n) is 5.62. The Morgan fingerprint density at radius 2 is 1.65 bits per heavy atom. The van der Waals surface area contributed by atoms with Crippen LogP contribution in [-0.2, 0) is 0 Å². The Kier molecular flexibility index (Phi) is 4.41. The summed E-state index contributed by atoms with van der Waals surface area (Å²) >= 11 is 11.9. The molecule has 5 nitrogen and oxygen atoms in total. The first-order valence-corrected chi connectivity index (χ1v) is 8.47. The fourth-order valence-corrected chi connectivity index (χ4v) is 2.84. The highest BCUT2D eigenvalue weighted by Crippen LogP contribution is 2.32. The smallest absolute Gasteiger partial charge is 0.294 e. The van der Waals surface area contributed by atoms with Crippen LogP contribution in [0, 0.1) is 6.92 Å². The number of hydrogen-bond donors (Lipinski definition) is 0. The van der Waals surface area contributed by atoms with Crippen LogP contribution in [0.1, 0.15) is 5.56 Å². The SMILES string of the molecule is Cc1ccc(-c2noc(-c3ccc(Oc4cc(Cl)cc(Cl)c4)o3)n2)cc1. The van der Waals surface area contributed by atoms with Crippen molar-refractivity contribution in [3.8, 4) is 34.7 Å². The predicted octanol–water partition coefficient (Wildman–Crippen LogP) is 6.40. The highest BCUT2D eigenvalue weighted by atomic mass is 35.5. The van der Waals surface area contributed by atoms with E-state index in [4.69, 9.17) is 36.9 Å². The van der Waals surface area contributed by atoms with Gasteiger partial charge in [0.15, 0.2) is 5.76 Å². The predicted molar refractivity (Wildman–Crippen MR) is 98.7 cm³/mol. The zero-order valence-electron chi connectivity index (χ0n) is 13.6. The Hall–Kier alpha value is -2.76. The molecule has 0 radical (unpaired) electrons. The van der Waals surface area contributed by atoms with E-state index < -0.39 is 0 Å². The first-order chi connectivity index (χ1) is 12.6. The highest BCUT2D eigenvalue weighted by molar-refractivity contribution is 6.34. The molecule has 0 atom stereocenters. The van der Waals surface area contributed by atoms with Gasteiger partial charge in [-0.3, -0.25) is 0 Å². The minimum absolute atomic E-state index is 0.258.